The van der Waals surface area contributed by atoms with Gasteiger partial charge < -0.3 is 19.3 Å². The van der Waals surface area contributed by atoms with E-state index in [1.54, 1.807) is 0 Å². The average Bonchev–Trinajstić information content (AvgIpc) is 3.34. The summed E-state index contributed by atoms with van der Waals surface area (Å²) >= 11 is 0. The van der Waals surface area contributed by atoms with Crippen molar-refractivity contribution in [2.45, 2.75) is 102 Å². The lowest BCUT2D eigenvalue weighted by molar-refractivity contribution is -0.180. The van der Waals surface area contributed by atoms with Gasteiger partial charge in [-0.15, -0.1) is 0 Å². The van der Waals surface area contributed by atoms with E-state index in [1.165, 1.54) is 12.8 Å². The molecule has 0 aromatic carbocycles. The third-order valence-electron chi connectivity index (χ3n) is 6.14. The van der Waals surface area contributed by atoms with Crippen LogP contribution in [0, 0.1) is 5.92 Å². The van der Waals surface area contributed by atoms with Gasteiger partial charge >= 0.3 is 5.97 Å². The molecule has 5 nitrogen and oxygen atoms in total. The van der Waals surface area contributed by atoms with Crippen LogP contribution in [0.2, 0.25) is 0 Å². The van der Waals surface area contributed by atoms with Crippen LogP contribution in [0.1, 0.15) is 85.0 Å². The van der Waals surface area contributed by atoms with Gasteiger partial charge in [-0.3, -0.25) is 4.79 Å². The highest BCUT2D eigenvalue weighted by atomic mass is 16.6. The van der Waals surface area contributed by atoms with Gasteiger partial charge in [-0.05, 0) is 58.8 Å². The topological polar surface area (TPSA) is 68.3 Å². The zero-order valence-corrected chi connectivity index (χ0v) is 16.9. The minimum absolute atomic E-state index is 0.0605. The largest absolute Gasteiger partial charge is 0.457 e. The van der Waals surface area contributed by atoms with Crippen molar-refractivity contribution in [1.82, 2.24) is 0 Å². The molecule has 2 fully saturated rings. The second-order valence-corrected chi connectivity index (χ2v) is 8.44. The fourth-order valence-corrected chi connectivity index (χ4v) is 3.92. The van der Waals surface area contributed by atoms with Crippen LogP contribution in [0.4, 0.5) is 0 Å². The van der Waals surface area contributed by atoms with Crippen LogP contribution < -0.4 is 0 Å². The maximum absolute atomic E-state index is 12.2. The molecule has 2 rings (SSSR count). The van der Waals surface area contributed by atoms with Crippen LogP contribution in [-0.4, -0.2) is 48.2 Å². The van der Waals surface area contributed by atoms with E-state index in [0.29, 0.717) is 25.2 Å². The molecule has 0 aromatic rings. The number of hydrogen-bond donors (Lipinski definition) is 1. The summed E-state index contributed by atoms with van der Waals surface area (Å²) in [5.74, 6) is 0.197. The number of aliphatic hydroxyl groups is 1. The molecule has 1 N–H and O–H groups in total. The van der Waals surface area contributed by atoms with Gasteiger partial charge in [0.05, 0.1) is 18.3 Å². The van der Waals surface area contributed by atoms with E-state index in [2.05, 4.69) is 6.92 Å². The summed E-state index contributed by atoms with van der Waals surface area (Å²) in [6, 6.07) is 0. The van der Waals surface area contributed by atoms with E-state index in [0.717, 1.165) is 51.9 Å². The smallest absolute Gasteiger partial charge is 0.306 e. The van der Waals surface area contributed by atoms with Crippen molar-refractivity contribution >= 4 is 5.97 Å². The van der Waals surface area contributed by atoms with Crippen LogP contribution in [0.25, 0.3) is 0 Å². The van der Waals surface area contributed by atoms with Crippen molar-refractivity contribution in [3.05, 3.63) is 0 Å². The predicted molar refractivity (Wildman–Crippen MR) is 101 cm³/mol. The summed E-state index contributed by atoms with van der Waals surface area (Å²) in [4.78, 5) is 12.2. The molecule has 1 saturated heterocycles. The Labute approximate surface area is 158 Å². The number of carbonyl (C=O) groups excluding carboxylic acids is 1. The summed E-state index contributed by atoms with van der Waals surface area (Å²) in [6.07, 6.45) is 8.74. The number of rotatable bonds is 12. The summed E-state index contributed by atoms with van der Waals surface area (Å²) in [6.45, 7) is 8.44. The minimum Gasteiger partial charge on any atom is -0.457 e. The molecule has 4 unspecified atom stereocenters. The van der Waals surface area contributed by atoms with Crippen molar-refractivity contribution in [3.8, 4) is 0 Å². The predicted octanol–water partition coefficient (Wildman–Crippen LogP) is 4.01. The lowest BCUT2D eigenvalue weighted by atomic mass is 9.73. The maximum atomic E-state index is 12.2. The molecule has 0 aromatic heterocycles. The summed E-state index contributed by atoms with van der Waals surface area (Å²) in [5, 5.41) is 10.5. The molecule has 26 heavy (non-hydrogen) atoms. The molecule has 0 spiro atoms. The summed E-state index contributed by atoms with van der Waals surface area (Å²) in [7, 11) is 0. The first-order chi connectivity index (χ1) is 12.4. The number of ether oxygens (including phenoxy) is 3. The Balaban J connectivity index is 1.56. The van der Waals surface area contributed by atoms with Gasteiger partial charge in [-0.1, -0.05) is 25.7 Å². The first kappa shape index (κ1) is 21.6. The fourth-order valence-electron chi connectivity index (χ4n) is 3.92. The minimum atomic E-state index is -0.738. The quantitative estimate of drug-likeness (QED) is 0.319. The van der Waals surface area contributed by atoms with Gasteiger partial charge in [0.1, 0.15) is 5.60 Å². The summed E-state index contributed by atoms with van der Waals surface area (Å²) in [5.41, 5.74) is -0.799. The fraction of sp³-hybridized carbons (Fsp3) is 0.952. The SMILES string of the molecule is CCOCCCCCCCCC(=O)OC1(C)CCC(C2(C)CO2)CC1O. The molecular formula is C21H38O5. The molecule has 1 heterocycles. The molecule has 0 bridgehead atoms. The second-order valence-electron chi connectivity index (χ2n) is 8.44. The number of hydrogen-bond acceptors (Lipinski definition) is 5. The summed E-state index contributed by atoms with van der Waals surface area (Å²) < 4.78 is 16.5. The number of carbonyl (C=O) groups is 1. The molecule has 152 valence electrons. The van der Waals surface area contributed by atoms with E-state index >= 15 is 0 Å². The highest BCUT2D eigenvalue weighted by Crippen LogP contribution is 2.46. The zero-order chi connectivity index (χ0) is 19.0. The molecule has 1 saturated carbocycles. The van der Waals surface area contributed by atoms with E-state index in [9.17, 15) is 9.90 Å². The highest BCUT2D eigenvalue weighted by Gasteiger charge is 2.53. The van der Waals surface area contributed by atoms with Gasteiger partial charge in [0, 0.05) is 19.6 Å². The molecule has 5 heteroatoms. The van der Waals surface area contributed by atoms with Gasteiger partial charge in [-0.2, -0.15) is 0 Å². The Hall–Kier alpha value is -0.650. The Morgan fingerprint density at radius 3 is 2.42 bits per heavy atom. The first-order valence-corrected chi connectivity index (χ1v) is 10.5. The monoisotopic (exact) mass is 370 g/mol. The Morgan fingerprint density at radius 1 is 1.15 bits per heavy atom. The van der Waals surface area contributed by atoms with Crippen LogP contribution in [0.3, 0.4) is 0 Å². The van der Waals surface area contributed by atoms with E-state index in [4.69, 9.17) is 14.2 Å². The van der Waals surface area contributed by atoms with Gasteiger partial charge in [-0.25, -0.2) is 0 Å². The Kier molecular flexibility index (Phi) is 8.37. The van der Waals surface area contributed by atoms with Crippen LogP contribution in [0.5, 0.6) is 0 Å². The van der Waals surface area contributed by atoms with Crippen LogP contribution in [-0.2, 0) is 19.0 Å². The van der Waals surface area contributed by atoms with E-state index in [1.807, 2.05) is 13.8 Å². The van der Waals surface area contributed by atoms with Crippen molar-refractivity contribution in [2.75, 3.05) is 19.8 Å². The molecular weight excluding hydrogens is 332 g/mol. The molecule has 1 aliphatic carbocycles. The third kappa shape index (κ3) is 6.50. The number of aliphatic hydroxyl groups excluding tert-OH is 1. The van der Waals surface area contributed by atoms with Crippen molar-refractivity contribution in [2.24, 2.45) is 5.92 Å². The molecule has 4 atom stereocenters. The van der Waals surface area contributed by atoms with Gasteiger partial charge in [0.25, 0.3) is 0 Å². The lowest BCUT2D eigenvalue weighted by Gasteiger charge is -2.42. The first-order valence-electron chi connectivity index (χ1n) is 10.5. The second kappa shape index (κ2) is 10.0. The van der Waals surface area contributed by atoms with Crippen LogP contribution in [0.15, 0.2) is 0 Å². The molecule has 2 aliphatic rings. The maximum Gasteiger partial charge on any atom is 0.306 e. The van der Waals surface area contributed by atoms with E-state index < -0.39 is 11.7 Å². The average molecular weight is 371 g/mol. The van der Waals surface area contributed by atoms with Gasteiger partial charge in [0.15, 0.2) is 0 Å². The number of epoxide rings is 1. The number of unbranched alkanes of at least 4 members (excludes halogenated alkanes) is 5. The zero-order valence-electron chi connectivity index (χ0n) is 16.9. The lowest BCUT2D eigenvalue weighted by Crippen LogP contribution is -2.49. The highest BCUT2D eigenvalue weighted by molar-refractivity contribution is 5.69. The van der Waals surface area contributed by atoms with E-state index in [-0.39, 0.29) is 11.6 Å². The normalized spacial score (nSPS) is 33.8. The standard InChI is InChI=1S/C21H38O5/c1-4-24-14-10-8-6-5-7-9-11-19(23)26-20(2)13-12-17(15-18(20)22)21(3)16-25-21/h17-18,22H,4-16H2,1-3H3. The molecule has 1 aliphatic heterocycles. The number of esters is 1. The Morgan fingerprint density at radius 2 is 1.81 bits per heavy atom. The molecule has 0 amide bonds. The van der Waals surface area contributed by atoms with Crippen molar-refractivity contribution in [3.63, 3.8) is 0 Å². The third-order valence-corrected chi connectivity index (χ3v) is 6.14. The molecule has 0 radical (unpaired) electrons. The Bertz CT molecular complexity index is 434. The van der Waals surface area contributed by atoms with Crippen molar-refractivity contribution in [1.29, 1.82) is 0 Å². The van der Waals surface area contributed by atoms with Gasteiger partial charge in [0.2, 0.25) is 0 Å². The van der Waals surface area contributed by atoms with Crippen molar-refractivity contribution < 1.29 is 24.1 Å². The van der Waals surface area contributed by atoms with Crippen LogP contribution >= 0.6 is 0 Å².